The van der Waals surface area contributed by atoms with Gasteiger partial charge in [0.05, 0.1) is 11.3 Å². The number of hydrogen-bond acceptors (Lipinski definition) is 2. The first-order valence-corrected chi connectivity index (χ1v) is 10.8. The van der Waals surface area contributed by atoms with E-state index in [1.165, 1.54) is 0 Å². The van der Waals surface area contributed by atoms with Crippen molar-refractivity contribution in [2.75, 3.05) is 0 Å². The molecule has 0 saturated carbocycles. The van der Waals surface area contributed by atoms with Crippen molar-refractivity contribution >= 4 is 15.2 Å². The maximum atomic E-state index is 12.2. The van der Waals surface area contributed by atoms with Gasteiger partial charge in [-0.2, -0.15) is 0 Å². The van der Waals surface area contributed by atoms with E-state index in [9.17, 15) is 28.7 Å². The lowest BCUT2D eigenvalue weighted by atomic mass is 9.79. The van der Waals surface area contributed by atoms with Crippen LogP contribution in [0.1, 0.15) is 40.3 Å². The SMILES string of the molecule is O=P(O)(O)C1CC(c2ccccc2)C(P(=O)(O)O)c2ccccc21. The third-order valence-electron chi connectivity index (χ3n) is 4.53. The van der Waals surface area contributed by atoms with Gasteiger partial charge in [0.15, 0.2) is 0 Å². The van der Waals surface area contributed by atoms with Crippen LogP contribution in [0.4, 0.5) is 0 Å². The summed E-state index contributed by atoms with van der Waals surface area (Å²) in [5.41, 5.74) is -0.870. The molecular formula is C16H18O6P2. The predicted octanol–water partition coefficient (Wildman–Crippen LogP) is 3.31. The van der Waals surface area contributed by atoms with Crippen LogP contribution < -0.4 is 0 Å². The lowest BCUT2D eigenvalue weighted by molar-refractivity contribution is 0.323. The molecule has 2 aromatic rings. The normalized spacial score (nSPS) is 24.4. The third-order valence-corrected chi connectivity index (χ3v) is 7.19. The van der Waals surface area contributed by atoms with Crippen LogP contribution in [0.2, 0.25) is 0 Å². The molecule has 0 spiro atoms. The van der Waals surface area contributed by atoms with E-state index in [1.54, 1.807) is 54.6 Å². The van der Waals surface area contributed by atoms with Crippen LogP contribution in [0.15, 0.2) is 54.6 Å². The topological polar surface area (TPSA) is 115 Å². The van der Waals surface area contributed by atoms with Crippen LogP contribution in [-0.4, -0.2) is 19.6 Å². The summed E-state index contributed by atoms with van der Waals surface area (Å²) < 4.78 is 24.2. The summed E-state index contributed by atoms with van der Waals surface area (Å²) in [6, 6.07) is 15.1. The summed E-state index contributed by atoms with van der Waals surface area (Å²) in [7, 11) is -8.99. The fraction of sp³-hybridized carbons (Fsp3) is 0.250. The van der Waals surface area contributed by atoms with E-state index in [0.29, 0.717) is 16.7 Å². The summed E-state index contributed by atoms with van der Waals surface area (Å²) in [5, 5.41) is 0. The highest BCUT2D eigenvalue weighted by Crippen LogP contribution is 2.68. The van der Waals surface area contributed by atoms with Crippen molar-refractivity contribution < 1.29 is 28.7 Å². The predicted molar refractivity (Wildman–Crippen MR) is 89.8 cm³/mol. The molecule has 1 aliphatic carbocycles. The van der Waals surface area contributed by atoms with Gasteiger partial charge in [0.2, 0.25) is 0 Å². The van der Waals surface area contributed by atoms with E-state index < -0.39 is 32.4 Å². The summed E-state index contributed by atoms with van der Waals surface area (Å²) in [6.07, 6.45) is -0.0128. The molecule has 0 fully saturated rings. The van der Waals surface area contributed by atoms with E-state index in [1.807, 2.05) is 0 Å². The van der Waals surface area contributed by atoms with Gasteiger partial charge in [-0.05, 0) is 23.1 Å². The van der Waals surface area contributed by atoms with Crippen molar-refractivity contribution in [2.45, 2.75) is 23.7 Å². The average Bonchev–Trinajstić information content (AvgIpc) is 2.52. The van der Waals surface area contributed by atoms with Crippen molar-refractivity contribution in [2.24, 2.45) is 0 Å². The molecule has 24 heavy (non-hydrogen) atoms. The summed E-state index contributed by atoms with van der Waals surface area (Å²) in [5.74, 6) is -0.667. The molecule has 6 nitrogen and oxygen atoms in total. The zero-order valence-corrected chi connectivity index (χ0v) is 14.4. The first-order chi connectivity index (χ1) is 11.2. The Balaban J connectivity index is 2.23. The molecule has 0 radical (unpaired) electrons. The number of hydrogen-bond donors (Lipinski definition) is 4. The highest BCUT2D eigenvalue weighted by molar-refractivity contribution is 7.53. The average molecular weight is 368 g/mol. The Morgan fingerprint density at radius 2 is 1.29 bits per heavy atom. The zero-order chi connectivity index (χ0) is 17.5. The van der Waals surface area contributed by atoms with Crippen LogP contribution in [0.5, 0.6) is 0 Å². The van der Waals surface area contributed by atoms with Gasteiger partial charge in [-0.3, -0.25) is 9.13 Å². The molecule has 128 valence electrons. The first kappa shape index (κ1) is 17.6. The van der Waals surface area contributed by atoms with E-state index in [-0.39, 0.29) is 6.42 Å². The monoisotopic (exact) mass is 368 g/mol. The largest absolute Gasteiger partial charge is 0.333 e. The molecule has 3 rings (SSSR count). The second-order valence-electron chi connectivity index (χ2n) is 6.02. The van der Waals surface area contributed by atoms with E-state index in [4.69, 9.17) is 0 Å². The highest BCUT2D eigenvalue weighted by atomic mass is 31.2. The smallest absolute Gasteiger partial charge is 0.324 e. The van der Waals surface area contributed by atoms with Gasteiger partial charge < -0.3 is 19.6 Å². The van der Waals surface area contributed by atoms with E-state index in [0.717, 1.165) is 0 Å². The Morgan fingerprint density at radius 1 is 0.750 bits per heavy atom. The van der Waals surface area contributed by atoms with Crippen LogP contribution in [-0.2, 0) is 9.13 Å². The van der Waals surface area contributed by atoms with E-state index in [2.05, 4.69) is 0 Å². The third kappa shape index (κ3) is 3.27. The van der Waals surface area contributed by atoms with Gasteiger partial charge in [0.25, 0.3) is 0 Å². The summed E-state index contributed by atoms with van der Waals surface area (Å²) in [6.45, 7) is 0. The maximum absolute atomic E-state index is 12.2. The Morgan fingerprint density at radius 3 is 1.83 bits per heavy atom. The lowest BCUT2D eigenvalue weighted by Crippen LogP contribution is -2.23. The molecule has 1 aliphatic rings. The molecule has 2 aromatic carbocycles. The minimum Gasteiger partial charge on any atom is -0.324 e. The minimum absolute atomic E-state index is 0.0128. The number of fused-ring (bicyclic) bond motifs is 1. The first-order valence-electron chi connectivity index (χ1n) is 7.44. The molecule has 0 heterocycles. The Labute approximate surface area is 139 Å². The number of benzene rings is 2. The molecule has 0 bridgehead atoms. The van der Waals surface area contributed by atoms with E-state index >= 15 is 0 Å². The van der Waals surface area contributed by atoms with Crippen molar-refractivity contribution in [1.82, 2.24) is 0 Å². The fourth-order valence-corrected chi connectivity index (χ4v) is 6.01. The molecule has 0 amide bonds. The van der Waals surface area contributed by atoms with Crippen molar-refractivity contribution in [3.8, 4) is 0 Å². The van der Waals surface area contributed by atoms with Crippen LogP contribution in [0.25, 0.3) is 0 Å². The Kier molecular flexibility index (Phi) is 4.56. The van der Waals surface area contributed by atoms with Gasteiger partial charge in [0, 0.05) is 5.92 Å². The van der Waals surface area contributed by atoms with Crippen molar-refractivity contribution in [1.29, 1.82) is 0 Å². The van der Waals surface area contributed by atoms with Crippen LogP contribution in [0.3, 0.4) is 0 Å². The molecule has 4 N–H and O–H groups in total. The maximum Gasteiger partial charge on any atom is 0.333 e. The quantitative estimate of drug-likeness (QED) is 0.618. The van der Waals surface area contributed by atoms with Gasteiger partial charge in [-0.1, -0.05) is 54.6 Å². The van der Waals surface area contributed by atoms with Crippen molar-refractivity contribution in [3.63, 3.8) is 0 Å². The molecule has 0 saturated heterocycles. The highest BCUT2D eigenvalue weighted by Gasteiger charge is 2.48. The van der Waals surface area contributed by atoms with Gasteiger partial charge in [-0.15, -0.1) is 0 Å². The van der Waals surface area contributed by atoms with Gasteiger partial charge in [-0.25, -0.2) is 0 Å². The second-order valence-corrected chi connectivity index (χ2v) is 9.56. The van der Waals surface area contributed by atoms with Crippen molar-refractivity contribution in [3.05, 3.63) is 71.3 Å². The summed E-state index contributed by atoms with van der Waals surface area (Å²) >= 11 is 0. The van der Waals surface area contributed by atoms with Gasteiger partial charge >= 0.3 is 15.2 Å². The molecule has 8 heteroatoms. The summed E-state index contributed by atoms with van der Waals surface area (Å²) in [4.78, 5) is 39.4. The fourth-order valence-electron chi connectivity index (χ4n) is 3.55. The molecule has 3 unspecified atom stereocenters. The molecule has 3 atom stereocenters. The zero-order valence-electron chi connectivity index (χ0n) is 12.6. The van der Waals surface area contributed by atoms with Crippen LogP contribution in [0, 0.1) is 0 Å². The molecule has 0 aliphatic heterocycles. The minimum atomic E-state index is -4.53. The standard InChI is InChI=1S/C16H18O6P2/c17-23(18,19)15-10-14(11-6-2-1-3-7-11)16(24(20,21)22)13-9-5-4-8-12(13)15/h1-9,14-16H,10H2,(H2,17,18,19)(H2,20,21,22). The van der Waals surface area contributed by atoms with Gasteiger partial charge in [0.1, 0.15) is 0 Å². The Bertz CT molecular complexity index is 825. The lowest BCUT2D eigenvalue weighted by Gasteiger charge is -2.38. The number of rotatable bonds is 3. The second kappa shape index (κ2) is 6.23. The Hall–Kier alpha value is -1.26. The molecular weight excluding hydrogens is 350 g/mol. The molecule has 0 aromatic heterocycles. The van der Waals surface area contributed by atoms with Crippen LogP contribution >= 0.6 is 15.2 Å².